The number of benzene rings is 1. The number of piperidine rings is 1. The third kappa shape index (κ3) is 3.32. The summed E-state index contributed by atoms with van der Waals surface area (Å²) in [5.74, 6) is 1.35. The van der Waals surface area contributed by atoms with Crippen molar-refractivity contribution in [2.45, 2.75) is 31.6 Å². The second kappa shape index (κ2) is 6.68. The zero-order valence-electron chi connectivity index (χ0n) is 12.9. The molecule has 1 aliphatic rings. The van der Waals surface area contributed by atoms with Crippen molar-refractivity contribution in [2.75, 3.05) is 13.1 Å². The number of likely N-dealkylation sites (tertiary alicyclic amines) is 1. The fourth-order valence-electron chi connectivity index (χ4n) is 3.05. The number of aryl methyl sites for hydroxylation is 2. The van der Waals surface area contributed by atoms with Crippen molar-refractivity contribution < 1.29 is 4.79 Å². The van der Waals surface area contributed by atoms with E-state index in [4.69, 9.17) is 0 Å². The Bertz CT molecular complexity index is 624. The number of hydrogen-bond acceptors (Lipinski definition) is 4. The van der Waals surface area contributed by atoms with Crippen LogP contribution in [0.15, 0.2) is 30.3 Å². The smallest absolute Gasteiger partial charge is 0.222 e. The minimum Gasteiger partial charge on any atom is -0.342 e. The van der Waals surface area contributed by atoms with Gasteiger partial charge in [0.25, 0.3) is 0 Å². The fourth-order valence-corrected chi connectivity index (χ4v) is 3.05. The highest BCUT2D eigenvalue weighted by molar-refractivity contribution is 5.76. The molecule has 0 bridgehead atoms. The molecule has 1 saturated heterocycles. The summed E-state index contributed by atoms with van der Waals surface area (Å²) in [6.07, 6.45) is 3.41. The van der Waals surface area contributed by atoms with Crippen molar-refractivity contribution in [2.24, 2.45) is 7.05 Å². The van der Waals surface area contributed by atoms with Crippen molar-refractivity contribution in [3.05, 3.63) is 41.7 Å². The van der Waals surface area contributed by atoms with Gasteiger partial charge in [-0.05, 0) is 35.3 Å². The molecule has 2 aromatic rings. The monoisotopic (exact) mass is 299 g/mol. The Morgan fingerprint density at radius 1 is 1.32 bits per heavy atom. The Kier molecular flexibility index (Phi) is 4.46. The molecule has 0 saturated carbocycles. The van der Waals surface area contributed by atoms with E-state index in [0.29, 0.717) is 6.42 Å². The summed E-state index contributed by atoms with van der Waals surface area (Å²) < 4.78 is 1.71. The Labute approximate surface area is 130 Å². The number of carbonyl (C=O) groups excluding carboxylic acids is 1. The van der Waals surface area contributed by atoms with Gasteiger partial charge in [0.05, 0.1) is 0 Å². The van der Waals surface area contributed by atoms with Crippen LogP contribution in [0, 0.1) is 0 Å². The Balaban J connectivity index is 1.57. The molecule has 2 heterocycles. The second-order valence-electron chi connectivity index (χ2n) is 5.83. The molecule has 1 atom stereocenters. The zero-order valence-corrected chi connectivity index (χ0v) is 12.9. The van der Waals surface area contributed by atoms with Gasteiger partial charge in [0, 0.05) is 32.5 Å². The lowest BCUT2D eigenvalue weighted by Crippen LogP contribution is -2.39. The molecule has 6 nitrogen and oxygen atoms in total. The summed E-state index contributed by atoms with van der Waals surface area (Å²) in [7, 11) is 1.85. The summed E-state index contributed by atoms with van der Waals surface area (Å²) in [5.41, 5.74) is 1.21. The van der Waals surface area contributed by atoms with Gasteiger partial charge >= 0.3 is 0 Å². The predicted octanol–water partition coefficient (Wildman–Crippen LogP) is 1.55. The van der Waals surface area contributed by atoms with Crippen molar-refractivity contribution in [3.8, 4) is 0 Å². The van der Waals surface area contributed by atoms with Crippen molar-refractivity contribution in [1.29, 1.82) is 0 Å². The first-order valence-corrected chi connectivity index (χ1v) is 7.78. The fraction of sp³-hybridized carbons (Fsp3) is 0.500. The molecular formula is C16H21N5O. The maximum Gasteiger partial charge on any atom is 0.222 e. The largest absolute Gasteiger partial charge is 0.342 e. The molecule has 0 spiro atoms. The quantitative estimate of drug-likeness (QED) is 0.859. The molecule has 1 aromatic heterocycles. The summed E-state index contributed by atoms with van der Waals surface area (Å²) in [6.45, 7) is 1.57. The number of amides is 1. The van der Waals surface area contributed by atoms with Gasteiger partial charge in [-0.25, -0.2) is 4.68 Å². The second-order valence-corrected chi connectivity index (χ2v) is 5.83. The third-order valence-corrected chi connectivity index (χ3v) is 4.26. The molecular weight excluding hydrogens is 278 g/mol. The van der Waals surface area contributed by atoms with Gasteiger partial charge in [0.1, 0.15) is 0 Å². The number of hydrogen-bond donors (Lipinski definition) is 0. The first-order chi connectivity index (χ1) is 10.7. The zero-order chi connectivity index (χ0) is 15.4. The van der Waals surface area contributed by atoms with E-state index < -0.39 is 0 Å². The predicted molar refractivity (Wildman–Crippen MR) is 82.1 cm³/mol. The van der Waals surface area contributed by atoms with E-state index in [9.17, 15) is 4.79 Å². The van der Waals surface area contributed by atoms with E-state index in [1.807, 2.05) is 30.1 Å². The van der Waals surface area contributed by atoms with E-state index in [0.717, 1.165) is 38.2 Å². The van der Waals surface area contributed by atoms with E-state index in [1.165, 1.54) is 5.56 Å². The SMILES string of the molecule is Cn1nnnc1C1CCCN(C(=O)CCc2ccccc2)C1. The average Bonchev–Trinajstić information content (AvgIpc) is 3.00. The Morgan fingerprint density at radius 3 is 2.86 bits per heavy atom. The van der Waals surface area contributed by atoms with Gasteiger partial charge in [-0.15, -0.1) is 5.10 Å². The highest BCUT2D eigenvalue weighted by Crippen LogP contribution is 2.25. The van der Waals surface area contributed by atoms with Crippen LogP contribution >= 0.6 is 0 Å². The topological polar surface area (TPSA) is 63.9 Å². The van der Waals surface area contributed by atoms with Crippen LogP contribution in [0.3, 0.4) is 0 Å². The number of rotatable bonds is 4. The van der Waals surface area contributed by atoms with Gasteiger partial charge in [-0.3, -0.25) is 4.79 Å². The maximum absolute atomic E-state index is 12.4. The normalized spacial score (nSPS) is 18.4. The number of aromatic nitrogens is 4. The van der Waals surface area contributed by atoms with Crippen LogP contribution in [0.2, 0.25) is 0 Å². The lowest BCUT2D eigenvalue weighted by Gasteiger charge is -2.32. The van der Waals surface area contributed by atoms with Crippen LogP contribution in [-0.4, -0.2) is 44.1 Å². The molecule has 0 aliphatic carbocycles. The third-order valence-electron chi connectivity index (χ3n) is 4.26. The molecule has 1 amide bonds. The highest BCUT2D eigenvalue weighted by atomic mass is 16.2. The first kappa shape index (κ1) is 14.7. The van der Waals surface area contributed by atoms with E-state index in [1.54, 1.807) is 4.68 Å². The van der Waals surface area contributed by atoms with Crippen LogP contribution < -0.4 is 0 Å². The summed E-state index contributed by atoms with van der Waals surface area (Å²) in [5, 5.41) is 11.7. The van der Waals surface area contributed by atoms with Crippen molar-refractivity contribution >= 4 is 5.91 Å². The summed E-state index contributed by atoms with van der Waals surface area (Å²) >= 11 is 0. The Morgan fingerprint density at radius 2 is 2.14 bits per heavy atom. The molecule has 0 N–H and O–H groups in total. The Hall–Kier alpha value is -2.24. The van der Waals surface area contributed by atoms with Gasteiger partial charge < -0.3 is 4.90 Å². The van der Waals surface area contributed by atoms with Crippen LogP contribution in [0.5, 0.6) is 0 Å². The molecule has 6 heteroatoms. The van der Waals surface area contributed by atoms with E-state index >= 15 is 0 Å². The molecule has 3 rings (SSSR count). The minimum absolute atomic E-state index is 0.226. The lowest BCUT2D eigenvalue weighted by molar-refractivity contribution is -0.132. The molecule has 0 radical (unpaired) electrons. The number of nitrogens with zero attached hydrogens (tertiary/aromatic N) is 5. The molecule has 22 heavy (non-hydrogen) atoms. The molecule has 1 aromatic carbocycles. The maximum atomic E-state index is 12.4. The average molecular weight is 299 g/mol. The number of tetrazole rings is 1. The van der Waals surface area contributed by atoms with Crippen LogP contribution in [-0.2, 0) is 18.3 Å². The van der Waals surface area contributed by atoms with Gasteiger partial charge in [-0.1, -0.05) is 30.3 Å². The van der Waals surface area contributed by atoms with Crippen molar-refractivity contribution in [1.82, 2.24) is 25.1 Å². The van der Waals surface area contributed by atoms with Crippen LogP contribution in [0.4, 0.5) is 0 Å². The molecule has 1 aliphatic heterocycles. The van der Waals surface area contributed by atoms with Gasteiger partial charge in [0.2, 0.25) is 5.91 Å². The van der Waals surface area contributed by atoms with E-state index in [-0.39, 0.29) is 11.8 Å². The van der Waals surface area contributed by atoms with Crippen LogP contribution in [0.1, 0.15) is 36.6 Å². The lowest BCUT2D eigenvalue weighted by atomic mass is 9.96. The van der Waals surface area contributed by atoms with E-state index in [2.05, 4.69) is 27.7 Å². The number of carbonyl (C=O) groups is 1. The molecule has 1 unspecified atom stereocenters. The standard InChI is InChI=1S/C16H21N5O/c1-20-16(17-18-19-20)14-8-5-11-21(12-14)15(22)10-9-13-6-3-2-4-7-13/h2-4,6-7,14H,5,8-12H2,1H3. The molecule has 116 valence electrons. The first-order valence-electron chi connectivity index (χ1n) is 7.78. The van der Waals surface area contributed by atoms with Gasteiger partial charge in [-0.2, -0.15) is 0 Å². The van der Waals surface area contributed by atoms with Crippen LogP contribution in [0.25, 0.3) is 0 Å². The summed E-state index contributed by atoms with van der Waals surface area (Å²) in [4.78, 5) is 14.4. The highest BCUT2D eigenvalue weighted by Gasteiger charge is 2.27. The van der Waals surface area contributed by atoms with Gasteiger partial charge in [0.15, 0.2) is 5.82 Å². The van der Waals surface area contributed by atoms with Crippen molar-refractivity contribution in [3.63, 3.8) is 0 Å². The summed E-state index contributed by atoms with van der Waals surface area (Å²) in [6, 6.07) is 10.2. The molecule has 1 fully saturated rings. The minimum atomic E-state index is 0.226.